The van der Waals surface area contributed by atoms with Crippen molar-refractivity contribution >= 4 is 36.6 Å². The molecule has 9 heteroatoms. The molecule has 3 aliphatic heterocycles. The van der Waals surface area contributed by atoms with E-state index in [-0.39, 0.29) is 42.7 Å². The molecule has 7 nitrogen and oxygen atoms in total. The van der Waals surface area contributed by atoms with E-state index in [2.05, 4.69) is 60.2 Å². The molecule has 37 heavy (non-hydrogen) atoms. The molecule has 0 aromatic heterocycles. The summed E-state index contributed by atoms with van der Waals surface area (Å²) in [6.45, 7) is 14.2. The first kappa shape index (κ1) is 31.8. The van der Waals surface area contributed by atoms with Crippen molar-refractivity contribution in [2.75, 3.05) is 45.9 Å². The highest BCUT2D eigenvalue weighted by molar-refractivity contribution is 6.00. The zero-order valence-electron chi connectivity index (χ0n) is 22.7. The van der Waals surface area contributed by atoms with E-state index in [0.717, 1.165) is 65.3 Å². The number of benzene rings is 1. The number of morpholine rings is 1. The molecular formula is C28H46Cl2N4O3. The third-order valence-corrected chi connectivity index (χ3v) is 7.87. The van der Waals surface area contributed by atoms with Crippen LogP contribution in [-0.2, 0) is 27.4 Å². The zero-order valence-corrected chi connectivity index (χ0v) is 24.4. The Bertz CT molecular complexity index is 853. The number of piperazine rings is 1. The minimum absolute atomic E-state index is 0. The van der Waals surface area contributed by atoms with Crippen LogP contribution in [0.2, 0.25) is 0 Å². The van der Waals surface area contributed by atoms with Gasteiger partial charge in [-0.15, -0.1) is 24.8 Å². The van der Waals surface area contributed by atoms with Gasteiger partial charge in [-0.3, -0.25) is 19.4 Å². The van der Waals surface area contributed by atoms with Crippen molar-refractivity contribution in [1.82, 2.24) is 20.0 Å². The van der Waals surface area contributed by atoms with Gasteiger partial charge in [0.25, 0.3) is 0 Å². The Morgan fingerprint density at radius 1 is 0.946 bits per heavy atom. The van der Waals surface area contributed by atoms with Gasteiger partial charge in [0.15, 0.2) is 0 Å². The van der Waals surface area contributed by atoms with Gasteiger partial charge in [-0.05, 0) is 42.7 Å². The molecule has 1 atom stereocenters. The lowest BCUT2D eigenvalue weighted by molar-refractivity contribution is -0.161. The Morgan fingerprint density at radius 2 is 1.49 bits per heavy atom. The van der Waals surface area contributed by atoms with Crippen molar-refractivity contribution < 1.29 is 14.3 Å². The lowest BCUT2D eigenvalue weighted by Crippen LogP contribution is -2.73. The zero-order chi connectivity index (χ0) is 24.8. The Labute approximate surface area is 235 Å². The number of rotatable bonds is 9. The summed E-state index contributed by atoms with van der Waals surface area (Å²) in [6.07, 6.45) is 4.08. The molecule has 0 bridgehead atoms. The highest BCUT2D eigenvalue weighted by Crippen LogP contribution is 2.34. The first-order valence-electron chi connectivity index (χ1n) is 13.6. The summed E-state index contributed by atoms with van der Waals surface area (Å²) in [5.41, 5.74) is 1.96. The van der Waals surface area contributed by atoms with Crippen LogP contribution in [0.25, 0.3) is 0 Å². The first-order valence-corrected chi connectivity index (χ1v) is 13.6. The summed E-state index contributed by atoms with van der Waals surface area (Å²) in [5.74, 6) is 0.551. The quantitative estimate of drug-likeness (QED) is 0.500. The number of carbonyl (C=O) groups excluding carboxylic acids is 2. The molecule has 3 heterocycles. The third kappa shape index (κ3) is 7.82. The molecule has 1 aromatic carbocycles. The van der Waals surface area contributed by atoms with Crippen LogP contribution >= 0.6 is 24.8 Å². The number of ether oxygens (including phenoxy) is 1. The van der Waals surface area contributed by atoms with Gasteiger partial charge in [0.1, 0.15) is 11.6 Å². The van der Waals surface area contributed by atoms with Gasteiger partial charge in [0, 0.05) is 45.8 Å². The fourth-order valence-corrected chi connectivity index (χ4v) is 5.75. The SMILES string of the molecule is CCCCN1C(=O)[C@H](CC(C)C)NC(=O)C12CCN(Cc1ccc(CN3CCOCC3)cc1)CC2.Cl.Cl. The van der Waals surface area contributed by atoms with Crippen molar-refractivity contribution in [2.24, 2.45) is 5.92 Å². The van der Waals surface area contributed by atoms with Crippen LogP contribution in [0.15, 0.2) is 24.3 Å². The number of unbranched alkanes of at least 4 members (excludes halogenated alkanes) is 1. The molecule has 3 saturated heterocycles. The van der Waals surface area contributed by atoms with Crippen LogP contribution in [0.5, 0.6) is 0 Å². The maximum Gasteiger partial charge on any atom is 0.246 e. The summed E-state index contributed by atoms with van der Waals surface area (Å²) in [4.78, 5) is 33.7. The second-order valence-corrected chi connectivity index (χ2v) is 11.0. The number of likely N-dealkylation sites (tertiary alicyclic amines) is 1. The molecule has 2 amide bonds. The van der Waals surface area contributed by atoms with Crippen molar-refractivity contribution in [2.45, 2.75) is 77.5 Å². The number of hydrogen-bond acceptors (Lipinski definition) is 5. The van der Waals surface area contributed by atoms with Crippen LogP contribution in [0.4, 0.5) is 0 Å². The molecule has 210 valence electrons. The van der Waals surface area contributed by atoms with Crippen molar-refractivity contribution in [3.05, 3.63) is 35.4 Å². The summed E-state index contributed by atoms with van der Waals surface area (Å²) < 4.78 is 5.45. The number of hydrogen-bond donors (Lipinski definition) is 1. The maximum absolute atomic E-state index is 13.4. The van der Waals surface area contributed by atoms with Gasteiger partial charge < -0.3 is 15.0 Å². The second-order valence-electron chi connectivity index (χ2n) is 11.0. The molecule has 1 aromatic rings. The predicted octanol–water partition coefficient (Wildman–Crippen LogP) is 3.87. The molecule has 0 unspecified atom stereocenters. The van der Waals surface area contributed by atoms with Crippen LogP contribution in [-0.4, -0.2) is 84.0 Å². The number of nitrogens with one attached hydrogen (secondary N) is 1. The van der Waals surface area contributed by atoms with Crippen LogP contribution in [0, 0.1) is 5.92 Å². The average Bonchev–Trinajstić information content (AvgIpc) is 2.85. The summed E-state index contributed by atoms with van der Waals surface area (Å²) >= 11 is 0. The molecule has 0 aliphatic carbocycles. The number of piperidine rings is 1. The number of amides is 2. The summed E-state index contributed by atoms with van der Waals surface area (Å²) in [5, 5.41) is 3.11. The topological polar surface area (TPSA) is 65.1 Å². The fourth-order valence-electron chi connectivity index (χ4n) is 5.75. The Morgan fingerprint density at radius 3 is 2.00 bits per heavy atom. The normalized spacial score (nSPS) is 22.5. The third-order valence-electron chi connectivity index (χ3n) is 7.87. The largest absolute Gasteiger partial charge is 0.379 e. The predicted molar refractivity (Wildman–Crippen MR) is 152 cm³/mol. The average molecular weight is 558 g/mol. The monoisotopic (exact) mass is 556 g/mol. The fraction of sp³-hybridized carbons (Fsp3) is 0.714. The van der Waals surface area contributed by atoms with Crippen LogP contribution in [0.1, 0.15) is 64.0 Å². The van der Waals surface area contributed by atoms with Gasteiger partial charge in [0.2, 0.25) is 11.8 Å². The Balaban J connectivity index is 0.00000241. The van der Waals surface area contributed by atoms with Gasteiger partial charge in [-0.1, -0.05) is 51.5 Å². The smallest absolute Gasteiger partial charge is 0.246 e. The molecule has 0 radical (unpaired) electrons. The van der Waals surface area contributed by atoms with E-state index in [4.69, 9.17) is 4.74 Å². The minimum atomic E-state index is -0.682. The van der Waals surface area contributed by atoms with E-state index in [1.54, 1.807) is 0 Å². The number of nitrogens with zero attached hydrogens (tertiary/aromatic N) is 3. The molecule has 1 spiro atoms. The van der Waals surface area contributed by atoms with Gasteiger partial charge >= 0.3 is 0 Å². The lowest BCUT2D eigenvalue weighted by atomic mass is 9.80. The van der Waals surface area contributed by atoms with Crippen LogP contribution < -0.4 is 5.32 Å². The first-order chi connectivity index (χ1) is 16.9. The Hall–Kier alpha value is -1.38. The van der Waals surface area contributed by atoms with E-state index in [1.165, 1.54) is 11.1 Å². The molecule has 3 aliphatic rings. The second kappa shape index (κ2) is 14.7. The van der Waals surface area contributed by atoms with Crippen molar-refractivity contribution in [3.63, 3.8) is 0 Å². The van der Waals surface area contributed by atoms with E-state index < -0.39 is 5.54 Å². The lowest BCUT2D eigenvalue weighted by Gasteiger charge is -2.52. The molecular weight excluding hydrogens is 511 g/mol. The van der Waals surface area contributed by atoms with Gasteiger partial charge in [-0.2, -0.15) is 0 Å². The summed E-state index contributed by atoms with van der Waals surface area (Å²) in [7, 11) is 0. The van der Waals surface area contributed by atoms with Crippen LogP contribution in [0.3, 0.4) is 0 Å². The highest BCUT2D eigenvalue weighted by atomic mass is 35.5. The van der Waals surface area contributed by atoms with Gasteiger partial charge in [0.05, 0.1) is 13.2 Å². The minimum Gasteiger partial charge on any atom is -0.379 e. The van der Waals surface area contributed by atoms with E-state index in [9.17, 15) is 9.59 Å². The van der Waals surface area contributed by atoms with Crippen molar-refractivity contribution in [3.8, 4) is 0 Å². The van der Waals surface area contributed by atoms with E-state index in [0.29, 0.717) is 31.7 Å². The molecule has 3 fully saturated rings. The highest BCUT2D eigenvalue weighted by Gasteiger charge is 2.53. The van der Waals surface area contributed by atoms with Crippen molar-refractivity contribution in [1.29, 1.82) is 0 Å². The van der Waals surface area contributed by atoms with Gasteiger partial charge in [-0.25, -0.2) is 0 Å². The number of halogens is 2. The Kier molecular flexibility index (Phi) is 12.6. The standard InChI is InChI=1S/C28H44N4O3.2ClH/c1-4-5-12-32-26(33)25(19-22(2)3)29-27(34)28(32)10-13-30(14-11-28)20-23-6-8-24(9-7-23)21-31-15-17-35-18-16-31;;/h6-9,22,25H,4-5,10-21H2,1-3H3,(H,29,34);2*1H/t25-;;/m0../s1. The van der Waals surface area contributed by atoms with E-state index in [1.807, 2.05) is 4.90 Å². The summed E-state index contributed by atoms with van der Waals surface area (Å²) in [6, 6.07) is 8.58. The number of carbonyl (C=O) groups is 2. The maximum atomic E-state index is 13.4. The molecule has 1 N–H and O–H groups in total. The van der Waals surface area contributed by atoms with E-state index >= 15 is 0 Å². The molecule has 0 saturated carbocycles. The molecule has 4 rings (SSSR count).